The van der Waals surface area contributed by atoms with Crippen molar-refractivity contribution in [1.29, 1.82) is 0 Å². The molecule has 0 N–H and O–H groups in total. The fourth-order valence-electron chi connectivity index (χ4n) is 3.62. The third-order valence-corrected chi connectivity index (χ3v) is 8.16. The highest BCUT2D eigenvalue weighted by molar-refractivity contribution is 7.89. The van der Waals surface area contributed by atoms with Crippen LogP contribution in [0, 0.1) is 34.6 Å². The van der Waals surface area contributed by atoms with Crippen molar-refractivity contribution in [2.75, 3.05) is 33.3 Å². The van der Waals surface area contributed by atoms with Crippen LogP contribution in [-0.2, 0) is 19.6 Å². The Morgan fingerprint density at radius 2 is 1.37 bits per heavy atom. The van der Waals surface area contributed by atoms with Crippen molar-refractivity contribution >= 4 is 15.9 Å². The van der Waals surface area contributed by atoms with Crippen LogP contribution in [0.1, 0.15) is 41.2 Å². The molecule has 1 amide bonds. The van der Waals surface area contributed by atoms with Gasteiger partial charge in [0.2, 0.25) is 15.9 Å². The summed E-state index contributed by atoms with van der Waals surface area (Å²) < 4.78 is 33.4. The Bertz CT molecular complexity index is 796. The second kappa shape index (κ2) is 8.29. The number of ether oxygens (including phenoxy) is 1. The highest BCUT2D eigenvalue weighted by Crippen LogP contribution is 2.31. The van der Waals surface area contributed by atoms with E-state index in [4.69, 9.17) is 4.74 Å². The molecule has 1 fully saturated rings. The zero-order chi connectivity index (χ0) is 20.5. The van der Waals surface area contributed by atoms with E-state index in [1.807, 2.05) is 41.5 Å². The first kappa shape index (κ1) is 21.9. The number of carbonyl (C=O) groups excluding carboxylic acids is 1. The van der Waals surface area contributed by atoms with Gasteiger partial charge in [0.1, 0.15) is 0 Å². The monoisotopic (exact) mass is 396 g/mol. The topological polar surface area (TPSA) is 66.9 Å². The maximum atomic E-state index is 13.3. The van der Waals surface area contributed by atoms with Crippen LogP contribution < -0.4 is 0 Å². The largest absolute Gasteiger partial charge is 0.381 e. The van der Waals surface area contributed by atoms with Crippen LogP contribution in [-0.4, -0.2) is 62.9 Å². The summed E-state index contributed by atoms with van der Waals surface area (Å²) in [6.07, 6.45) is 0.181. The number of sulfonamides is 1. The predicted molar refractivity (Wildman–Crippen MR) is 107 cm³/mol. The first-order valence-electron chi connectivity index (χ1n) is 9.40. The molecular formula is C20H32N2O4S. The van der Waals surface area contributed by atoms with E-state index >= 15 is 0 Å². The van der Waals surface area contributed by atoms with Gasteiger partial charge < -0.3 is 9.64 Å². The average Bonchev–Trinajstić information content (AvgIpc) is 2.64. The number of hydrogen-bond acceptors (Lipinski definition) is 4. The SMILES string of the molecule is COC(C)CC(=O)N1CCN(S(=O)(=O)c2c(C)c(C)c(C)c(C)c2C)CC1. The molecule has 1 unspecified atom stereocenters. The van der Waals surface area contributed by atoms with Gasteiger partial charge in [-0.1, -0.05) is 0 Å². The quantitative estimate of drug-likeness (QED) is 0.767. The van der Waals surface area contributed by atoms with E-state index < -0.39 is 10.0 Å². The smallest absolute Gasteiger partial charge is 0.243 e. The number of hydrogen-bond donors (Lipinski definition) is 0. The van der Waals surface area contributed by atoms with Gasteiger partial charge in [0.05, 0.1) is 17.4 Å². The Balaban J connectivity index is 2.23. The van der Waals surface area contributed by atoms with Crippen molar-refractivity contribution in [2.24, 2.45) is 0 Å². The Hall–Kier alpha value is -1.44. The number of methoxy groups -OCH3 is 1. The summed E-state index contributed by atoms with van der Waals surface area (Å²) in [5.41, 5.74) is 4.84. The number of rotatable bonds is 5. The fraction of sp³-hybridized carbons (Fsp3) is 0.650. The van der Waals surface area contributed by atoms with E-state index in [0.717, 1.165) is 27.8 Å². The van der Waals surface area contributed by atoms with Gasteiger partial charge in [0.15, 0.2) is 0 Å². The van der Waals surface area contributed by atoms with E-state index in [9.17, 15) is 13.2 Å². The van der Waals surface area contributed by atoms with Crippen LogP contribution in [0.3, 0.4) is 0 Å². The minimum Gasteiger partial charge on any atom is -0.381 e. The second-order valence-corrected chi connectivity index (χ2v) is 9.36. The normalized spacial score (nSPS) is 17.2. The van der Waals surface area contributed by atoms with E-state index in [1.54, 1.807) is 12.0 Å². The first-order chi connectivity index (χ1) is 12.5. The zero-order valence-electron chi connectivity index (χ0n) is 17.5. The molecule has 0 spiro atoms. The maximum Gasteiger partial charge on any atom is 0.243 e. The Labute approximate surface area is 163 Å². The van der Waals surface area contributed by atoms with Crippen LogP contribution in [0.2, 0.25) is 0 Å². The molecule has 1 saturated heterocycles. The summed E-state index contributed by atoms with van der Waals surface area (Å²) in [5.74, 6) is 0.00999. The molecule has 0 aromatic heterocycles. The molecule has 27 heavy (non-hydrogen) atoms. The van der Waals surface area contributed by atoms with Gasteiger partial charge >= 0.3 is 0 Å². The summed E-state index contributed by atoms with van der Waals surface area (Å²) in [6, 6.07) is 0. The third kappa shape index (κ3) is 4.20. The Morgan fingerprint density at radius 1 is 0.926 bits per heavy atom. The lowest BCUT2D eigenvalue weighted by molar-refractivity contribution is -0.134. The van der Waals surface area contributed by atoms with Gasteiger partial charge in [-0.15, -0.1) is 0 Å². The summed E-state index contributed by atoms with van der Waals surface area (Å²) >= 11 is 0. The van der Waals surface area contributed by atoms with Crippen molar-refractivity contribution in [3.63, 3.8) is 0 Å². The van der Waals surface area contributed by atoms with Crippen molar-refractivity contribution in [3.05, 3.63) is 27.8 Å². The molecule has 0 saturated carbocycles. The molecule has 1 aromatic carbocycles. The van der Waals surface area contributed by atoms with E-state index in [1.165, 1.54) is 4.31 Å². The Morgan fingerprint density at radius 3 is 1.81 bits per heavy atom. The summed E-state index contributed by atoms with van der Waals surface area (Å²) in [7, 11) is -2.01. The average molecular weight is 397 g/mol. The van der Waals surface area contributed by atoms with Crippen LogP contribution >= 0.6 is 0 Å². The van der Waals surface area contributed by atoms with Crippen molar-refractivity contribution < 1.29 is 17.9 Å². The predicted octanol–water partition coefficient (Wildman–Crippen LogP) is 2.49. The number of benzene rings is 1. The number of piperazine rings is 1. The van der Waals surface area contributed by atoms with Gasteiger partial charge in [0.25, 0.3) is 0 Å². The van der Waals surface area contributed by atoms with Crippen molar-refractivity contribution in [1.82, 2.24) is 9.21 Å². The molecule has 1 aliphatic heterocycles. The van der Waals surface area contributed by atoms with Gasteiger partial charge in [0, 0.05) is 33.3 Å². The molecular weight excluding hydrogens is 364 g/mol. The lowest BCUT2D eigenvalue weighted by Crippen LogP contribution is -2.51. The molecule has 0 radical (unpaired) electrons. The minimum absolute atomic E-state index is 0.00999. The van der Waals surface area contributed by atoms with Gasteiger partial charge in [-0.25, -0.2) is 8.42 Å². The van der Waals surface area contributed by atoms with Gasteiger partial charge in [-0.3, -0.25) is 4.79 Å². The molecule has 6 nitrogen and oxygen atoms in total. The van der Waals surface area contributed by atoms with Gasteiger partial charge in [-0.2, -0.15) is 4.31 Å². The van der Waals surface area contributed by atoms with E-state index in [-0.39, 0.29) is 12.0 Å². The van der Waals surface area contributed by atoms with E-state index in [0.29, 0.717) is 37.5 Å². The molecule has 0 aliphatic carbocycles. The molecule has 1 atom stereocenters. The number of carbonyl (C=O) groups is 1. The summed E-state index contributed by atoms with van der Waals surface area (Å²) in [5, 5.41) is 0. The van der Waals surface area contributed by atoms with Crippen LogP contribution in [0.15, 0.2) is 4.90 Å². The van der Waals surface area contributed by atoms with Gasteiger partial charge in [-0.05, 0) is 69.4 Å². The van der Waals surface area contributed by atoms with Crippen LogP contribution in [0.4, 0.5) is 0 Å². The van der Waals surface area contributed by atoms with E-state index in [2.05, 4.69) is 0 Å². The molecule has 1 heterocycles. The molecule has 152 valence electrons. The molecule has 7 heteroatoms. The standard InChI is InChI=1S/C20H32N2O4S/c1-13(26-7)12-19(23)21-8-10-22(11-9-21)27(24,25)20-17(5)15(3)14(2)16(4)18(20)6/h13H,8-12H2,1-7H3. The third-order valence-electron chi connectivity index (χ3n) is 5.98. The lowest BCUT2D eigenvalue weighted by atomic mass is 9.95. The van der Waals surface area contributed by atoms with Crippen LogP contribution in [0.25, 0.3) is 0 Å². The summed E-state index contributed by atoms with van der Waals surface area (Å²) in [4.78, 5) is 14.5. The molecule has 1 aromatic rings. The molecule has 1 aliphatic rings. The Kier molecular flexibility index (Phi) is 6.71. The lowest BCUT2D eigenvalue weighted by Gasteiger charge is -2.35. The number of nitrogens with zero attached hydrogens (tertiary/aromatic N) is 2. The van der Waals surface area contributed by atoms with Crippen LogP contribution in [0.5, 0.6) is 0 Å². The fourth-order valence-corrected chi connectivity index (χ4v) is 5.60. The highest BCUT2D eigenvalue weighted by Gasteiger charge is 2.33. The highest BCUT2D eigenvalue weighted by atomic mass is 32.2. The van der Waals surface area contributed by atoms with Crippen molar-refractivity contribution in [2.45, 2.75) is 59.0 Å². The van der Waals surface area contributed by atoms with Crippen molar-refractivity contribution in [3.8, 4) is 0 Å². The number of amides is 1. The molecule has 0 bridgehead atoms. The summed E-state index contributed by atoms with van der Waals surface area (Å²) in [6.45, 7) is 13.1. The first-order valence-corrected chi connectivity index (χ1v) is 10.8. The maximum absolute atomic E-state index is 13.3. The minimum atomic E-state index is -3.59. The molecule has 2 rings (SSSR count). The second-order valence-electron chi connectivity index (χ2n) is 7.49. The zero-order valence-corrected chi connectivity index (χ0v) is 18.4.